The fourth-order valence-corrected chi connectivity index (χ4v) is 5.95. The van der Waals surface area contributed by atoms with E-state index in [2.05, 4.69) is 24.0 Å². The second kappa shape index (κ2) is 7.01. The molecule has 2 bridgehead atoms. The maximum absolute atomic E-state index is 12.2. The fourth-order valence-electron chi connectivity index (χ4n) is 5.03. The predicted octanol–water partition coefficient (Wildman–Crippen LogP) is 4.50. The van der Waals surface area contributed by atoms with E-state index in [1.165, 1.54) is 49.9 Å². The van der Waals surface area contributed by atoms with Gasteiger partial charge in [-0.3, -0.25) is 14.3 Å². The van der Waals surface area contributed by atoms with E-state index in [1.54, 1.807) is 0 Å². The van der Waals surface area contributed by atoms with Crippen LogP contribution in [-0.4, -0.2) is 28.1 Å². The molecule has 0 radical (unpaired) electrons. The number of piperidine rings is 1. The molecule has 4 rings (SSSR count). The van der Waals surface area contributed by atoms with Crippen LogP contribution in [0.25, 0.3) is 10.2 Å². The number of fused-ring (bicyclic) bond motifs is 3. The highest BCUT2D eigenvalue weighted by atomic mass is 32.1. The predicted molar refractivity (Wildman–Crippen MR) is 102 cm³/mol. The van der Waals surface area contributed by atoms with E-state index in [-0.39, 0.29) is 4.87 Å². The topological polar surface area (TPSA) is 25.2 Å². The Labute approximate surface area is 148 Å². The van der Waals surface area contributed by atoms with Crippen molar-refractivity contribution < 1.29 is 0 Å². The lowest BCUT2D eigenvalue weighted by Gasteiger charge is -2.39. The van der Waals surface area contributed by atoms with Crippen LogP contribution in [0, 0.1) is 5.92 Å². The van der Waals surface area contributed by atoms with Gasteiger partial charge >= 0.3 is 4.87 Å². The first kappa shape index (κ1) is 16.3. The Morgan fingerprint density at radius 1 is 1.12 bits per heavy atom. The van der Waals surface area contributed by atoms with E-state index in [1.807, 2.05) is 16.7 Å². The van der Waals surface area contributed by atoms with E-state index < -0.39 is 0 Å². The maximum Gasteiger partial charge on any atom is 0.308 e. The third-order valence-corrected chi connectivity index (χ3v) is 7.01. The minimum atomic E-state index is 0.195. The van der Waals surface area contributed by atoms with Crippen LogP contribution in [-0.2, 0) is 6.54 Å². The van der Waals surface area contributed by atoms with Crippen molar-refractivity contribution in [2.75, 3.05) is 6.54 Å². The summed E-state index contributed by atoms with van der Waals surface area (Å²) in [5.74, 6) is 0.965. The summed E-state index contributed by atoms with van der Waals surface area (Å²) in [5, 5.41) is 0. The third kappa shape index (κ3) is 3.06. The van der Waals surface area contributed by atoms with Crippen LogP contribution in [0.2, 0.25) is 0 Å². The zero-order chi connectivity index (χ0) is 16.5. The SMILES string of the molecule is CCCC1CC2CCC(C1)N2CCCn1c(=O)sc2ccccc21. The molecule has 1 aromatic heterocycles. The summed E-state index contributed by atoms with van der Waals surface area (Å²) in [7, 11) is 0. The molecule has 2 unspecified atom stereocenters. The Balaban J connectivity index is 1.38. The van der Waals surface area contributed by atoms with Crippen LogP contribution >= 0.6 is 11.3 Å². The van der Waals surface area contributed by atoms with Crippen LogP contribution in [0.15, 0.2) is 29.1 Å². The summed E-state index contributed by atoms with van der Waals surface area (Å²) in [6, 6.07) is 9.81. The smallest absolute Gasteiger partial charge is 0.299 e. The molecule has 0 aliphatic carbocycles. The highest BCUT2D eigenvalue weighted by Gasteiger charge is 2.39. The van der Waals surface area contributed by atoms with Crippen molar-refractivity contribution >= 4 is 21.6 Å². The van der Waals surface area contributed by atoms with Gasteiger partial charge in [0.05, 0.1) is 10.2 Å². The molecule has 0 N–H and O–H groups in total. The van der Waals surface area contributed by atoms with Crippen molar-refractivity contribution in [1.29, 1.82) is 0 Å². The van der Waals surface area contributed by atoms with Gasteiger partial charge in [-0.2, -0.15) is 0 Å². The van der Waals surface area contributed by atoms with Crippen LogP contribution in [0.3, 0.4) is 0 Å². The monoisotopic (exact) mass is 344 g/mol. The summed E-state index contributed by atoms with van der Waals surface area (Å²) in [6.45, 7) is 4.33. The third-order valence-electron chi connectivity index (χ3n) is 6.05. The molecule has 130 valence electrons. The molecule has 2 saturated heterocycles. The van der Waals surface area contributed by atoms with Crippen LogP contribution in [0.1, 0.15) is 51.9 Å². The summed E-state index contributed by atoms with van der Waals surface area (Å²) in [5.41, 5.74) is 1.11. The van der Waals surface area contributed by atoms with E-state index in [9.17, 15) is 4.79 Å². The van der Waals surface area contributed by atoms with Gasteiger partial charge in [-0.1, -0.05) is 43.2 Å². The molecule has 2 atom stereocenters. The molecule has 2 aromatic rings. The number of nitrogens with zero attached hydrogens (tertiary/aromatic N) is 2. The Morgan fingerprint density at radius 3 is 2.62 bits per heavy atom. The number of hydrogen-bond donors (Lipinski definition) is 0. The Kier molecular flexibility index (Phi) is 4.77. The lowest BCUT2D eigenvalue weighted by atomic mass is 9.87. The van der Waals surface area contributed by atoms with Crippen molar-refractivity contribution in [2.24, 2.45) is 5.92 Å². The van der Waals surface area contributed by atoms with Gasteiger partial charge in [0, 0.05) is 25.2 Å². The average Bonchev–Trinajstić information content (AvgIpc) is 3.01. The minimum absolute atomic E-state index is 0.195. The second-order valence-electron chi connectivity index (χ2n) is 7.59. The van der Waals surface area contributed by atoms with Gasteiger partial charge in [-0.15, -0.1) is 0 Å². The first-order valence-electron chi connectivity index (χ1n) is 9.60. The second-order valence-corrected chi connectivity index (χ2v) is 8.58. The lowest BCUT2D eigenvalue weighted by molar-refractivity contribution is 0.0974. The number of benzene rings is 1. The van der Waals surface area contributed by atoms with Gasteiger partial charge in [0.1, 0.15) is 0 Å². The van der Waals surface area contributed by atoms with Crippen molar-refractivity contribution in [3.05, 3.63) is 33.9 Å². The number of thiazole rings is 1. The Hall–Kier alpha value is -1.13. The van der Waals surface area contributed by atoms with E-state index in [0.717, 1.165) is 47.7 Å². The molecule has 4 heteroatoms. The van der Waals surface area contributed by atoms with E-state index >= 15 is 0 Å². The van der Waals surface area contributed by atoms with Gasteiger partial charge in [0.25, 0.3) is 0 Å². The zero-order valence-electron chi connectivity index (χ0n) is 14.6. The number of rotatable bonds is 6. The van der Waals surface area contributed by atoms with Gasteiger partial charge in [0.2, 0.25) is 0 Å². The molecular weight excluding hydrogens is 316 g/mol. The summed E-state index contributed by atoms with van der Waals surface area (Å²) in [4.78, 5) is 15.2. The van der Waals surface area contributed by atoms with E-state index in [0.29, 0.717) is 0 Å². The van der Waals surface area contributed by atoms with Crippen LogP contribution in [0.4, 0.5) is 0 Å². The summed E-state index contributed by atoms with van der Waals surface area (Å²) >= 11 is 1.38. The van der Waals surface area contributed by atoms with Crippen molar-refractivity contribution in [2.45, 2.75) is 70.5 Å². The molecule has 3 nitrogen and oxygen atoms in total. The van der Waals surface area contributed by atoms with Crippen LogP contribution in [0.5, 0.6) is 0 Å². The normalized spacial score (nSPS) is 27.1. The standard InChI is InChI=1S/C20H28N2OS/c1-2-6-15-13-16-9-10-17(14-15)21(16)11-5-12-22-18-7-3-4-8-19(18)24-20(22)23/h3-4,7-8,15-17H,2,5-6,9-14H2,1H3. The zero-order valence-corrected chi connectivity index (χ0v) is 15.4. The molecule has 0 amide bonds. The highest BCUT2D eigenvalue weighted by molar-refractivity contribution is 7.16. The molecule has 0 saturated carbocycles. The Morgan fingerprint density at radius 2 is 1.88 bits per heavy atom. The van der Waals surface area contributed by atoms with Gasteiger partial charge in [-0.05, 0) is 50.2 Å². The van der Waals surface area contributed by atoms with Crippen LogP contribution < -0.4 is 4.87 Å². The molecule has 2 aliphatic rings. The molecule has 24 heavy (non-hydrogen) atoms. The van der Waals surface area contributed by atoms with E-state index in [4.69, 9.17) is 0 Å². The lowest BCUT2D eigenvalue weighted by Crippen LogP contribution is -2.43. The van der Waals surface area contributed by atoms with Gasteiger partial charge in [-0.25, -0.2) is 0 Å². The first-order valence-corrected chi connectivity index (χ1v) is 10.4. The molecule has 0 spiro atoms. The number of aryl methyl sites for hydroxylation is 1. The molecular formula is C20H28N2OS. The summed E-state index contributed by atoms with van der Waals surface area (Å²) in [6.07, 6.45) is 9.44. The summed E-state index contributed by atoms with van der Waals surface area (Å²) < 4.78 is 3.09. The molecule has 2 aliphatic heterocycles. The fraction of sp³-hybridized carbons (Fsp3) is 0.650. The number of aromatic nitrogens is 1. The maximum atomic E-state index is 12.2. The first-order chi connectivity index (χ1) is 11.8. The van der Waals surface area contributed by atoms with Gasteiger partial charge < -0.3 is 0 Å². The van der Waals surface area contributed by atoms with Crippen molar-refractivity contribution in [3.8, 4) is 0 Å². The molecule has 2 fully saturated rings. The minimum Gasteiger partial charge on any atom is -0.299 e. The molecule has 1 aromatic carbocycles. The highest BCUT2D eigenvalue weighted by Crippen LogP contribution is 2.40. The quantitative estimate of drug-likeness (QED) is 0.771. The Bertz CT molecular complexity index is 735. The number of hydrogen-bond acceptors (Lipinski definition) is 3. The molecule has 3 heterocycles. The largest absolute Gasteiger partial charge is 0.308 e. The number of para-hydroxylation sites is 1. The van der Waals surface area contributed by atoms with Crippen molar-refractivity contribution in [3.63, 3.8) is 0 Å². The van der Waals surface area contributed by atoms with Crippen molar-refractivity contribution in [1.82, 2.24) is 9.47 Å². The average molecular weight is 345 g/mol. The van der Waals surface area contributed by atoms with Gasteiger partial charge in [0.15, 0.2) is 0 Å².